The molecule has 0 radical (unpaired) electrons. The van der Waals surface area contributed by atoms with Gasteiger partial charge in [0.05, 0.1) is 13.7 Å². The summed E-state index contributed by atoms with van der Waals surface area (Å²) >= 11 is 0. The standard InChI is InChI=1S/C17H28N2O2/c1-13(2)7-5-8-14(3)18-12-17(20)19-15-9-6-10-16(11-15)21-4/h6,9-11,13-14,18H,5,7-8,12H2,1-4H3,(H,19,20). The summed E-state index contributed by atoms with van der Waals surface area (Å²) in [4.78, 5) is 11.9. The van der Waals surface area contributed by atoms with Crippen molar-refractivity contribution in [3.05, 3.63) is 24.3 Å². The lowest BCUT2D eigenvalue weighted by molar-refractivity contribution is -0.115. The zero-order valence-electron chi connectivity index (χ0n) is 13.6. The Kier molecular flexibility index (Phi) is 7.83. The zero-order chi connectivity index (χ0) is 15.7. The molecule has 0 saturated heterocycles. The molecular weight excluding hydrogens is 264 g/mol. The van der Waals surface area contributed by atoms with E-state index < -0.39 is 0 Å². The van der Waals surface area contributed by atoms with Gasteiger partial charge in [0, 0.05) is 17.8 Å². The van der Waals surface area contributed by atoms with Crippen molar-refractivity contribution in [2.45, 2.75) is 46.1 Å². The van der Waals surface area contributed by atoms with Gasteiger partial charge >= 0.3 is 0 Å². The fraction of sp³-hybridized carbons (Fsp3) is 0.588. The average molecular weight is 292 g/mol. The van der Waals surface area contributed by atoms with E-state index in [-0.39, 0.29) is 5.91 Å². The van der Waals surface area contributed by atoms with Crippen LogP contribution in [0, 0.1) is 5.92 Å². The first-order valence-corrected chi connectivity index (χ1v) is 7.68. The predicted octanol–water partition coefficient (Wildman–Crippen LogP) is 3.44. The van der Waals surface area contributed by atoms with Crippen LogP contribution in [0.15, 0.2) is 24.3 Å². The molecule has 0 heterocycles. The van der Waals surface area contributed by atoms with E-state index in [2.05, 4.69) is 31.4 Å². The van der Waals surface area contributed by atoms with Crippen molar-refractivity contribution in [2.75, 3.05) is 19.0 Å². The molecule has 1 amide bonds. The topological polar surface area (TPSA) is 50.4 Å². The number of amides is 1. The molecule has 0 spiro atoms. The number of nitrogens with one attached hydrogen (secondary N) is 2. The van der Waals surface area contributed by atoms with E-state index in [0.717, 1.165) is 23.8 Å². The summed E-state index contributed by atoms with van der Waals surface area (Å²) in [5.74, 6) is 1.45. The van der Waals surface area contributed by atoms with E-state index in [9.17, 15) is 4.79 Å². The molecule has 0 aromatic heterocycles. The lowest BCUT2D eigenvalue weighted by Crippen LogP contribution is -2.34. The Balaban J connectivity index is 2.27. The van der Waals surface area contributed by atoms with Crippen LogP contribution >= 0.6 is 0 Å². The summed E-state index contributed by atoms with van der Waals surface area (Å²) in [7, 11) is 1.61. The molecule has 118 valence electrons. The maximum Gasteiger partial charge on any atom is 0.238 e. The number of hydrogen-bond donors (Lipinski definition) is 2. The predicted molar refractivity (Wildman–Crippen MR) is 87.8 cm³/mol. The minimum atomic E-state index is -0.0287. The monoisotopic (exact) mass is 292 g/mol. The SMILES string of the molecule is COc1cccc(NC(=O)CNC(C)CCCC(C)C)c1. The highest BCUT2D eigenvalue weighted by Gasteiger charge is 2.07. The number of hydrogen-bond acceptors (Lipinski definition) is 3. The molecule has 4 nitrogen and oxygen atoms in total. The number of carbonyl (C=O) groups is 1. The van der Waals surface area contributed by atoms with Gasteiger partial charge in [-0.05, 0) is 31.4 Å². The normalized spacial score (nSPS) is 12.2. The van der Waals surface area contributed by atoms with Gasteiger partial charge in [-0.3, -0.25) is 4.79 Å². The third kappa shape index (κ3) is 7.71. The molecule has 0 saturated carbocycles. The molecule has 0 aliphatic carbocycles. The smallest absolute Gasteiger partial charge is 0.238 e. The van der Waals surface area contributed by atoms with Crippen molar-refractivity contribution in [1.29, 1.82) is 0 Å². The molecule has 0 fully saturated rings. The number of ether oxygens (including phenoxy) is 1. The molecule has 1 rings (SSSR count). The highest BCUT2D eigenvalue weighted by molar-refractivity contribution is 5.92. The molecule has 0 aliphatic heterocycles. The molecule has 0 aliphatic rings. The number of carbonyl (C=O) groups excluding carboxylic acids is 1. The fourth-order valence-corrected chi connectivity index (χ4v) is 2.11. The number of anilines is 1. The summed E-state index contributed by atoms with van der Waals surface area (Å²) < 4.78 is 5.13. The minimum absolute atomic E-state index is 0.0287. The Hall–Kier alpha value is -1.55. The van der Waals surface area contributed by atoms with Crippen molar-refractivity contribution < 1.29 is 9.53 Å². The van der Waals surface area contributed by atoms with Gasteiger partial charge in [-0.15, -0.1) is 0 Å². The second-order valence-corrected chi connectivity index (χ2v) is 5.89. The van der Waals surface area contributed by atoms with Crippen LogP contribution in [-0.4, -0.2) is 25.6 Å². The average Bonchev–Trinajstić information content (AvgIpc) is 2.45. The molecule has 1 aromatic carbocycles. The summed E-state index contributed by atoms with van der Waals surface area (Å²) in [6.07, 6.45) is 3.54. The van der Waals surface area contributed by atoms with Gasteiger partial charge in [0.25, 0.3) is 0 Å². The number of rotatable bonds is 9. The Morgan fingerprint density at radius 2 is 2.00 bits per heavy atom. The molecular formula is C17H28N2O2. The highest BCUT2D eigenvalue weighted by atomic mass is 16.5. The van der Waals surface area contributed by atoms with Crippen LogP contribution < -0.4 is 15.4 Å². The number of benzene rings is 1. The molecule has 21 heavy (non-hydrogen) atoms. The maximum atomic E-state index is 11.9. The zero-order valence-corrected chi connectivity index (χ0v) is 13.6. The van der Waals surface area contributed by atoms with Crippen LogP contribution in [0.1, 0.15) is 40.0 Å². The quantitative estimate of drug-likeness (QED) is 0.733. The van der Waals surface area contributed by atoms with Gasteiger partial charge in [-0.2, -0.15) is 0 Å². The maximum absolute atomic E-state index is 11.9. The van der Waals surface area contributed by atoms with Crippen molar-refractivity contribution in [3.63, 3.8) is 0 Å². The molecule has 2 N–H and O–H groups in total. The lowest BCUT2D eigenvalue weighted by Gasteiger charge is -2.14. The second-order valence-electron chi connectivity index (χ2n) is 5.89. The summed E-state index contributed by atoms with van der Waals surface area (Å²) in [5.41, 5.74) is 0.758. The summed E-state index contributed by atoms with van der Waals surface area (Å²) in [6, 6.07) is 7.73. The second kappa shape index (κ2) is 9.40. The third-order valence-electron chi connectivity index (χ3n) is 3.38. The molecule has 0 bridgehead atoms. The van der Waals surface area contributed by atoms with E-state index in [4.69, 9.17) is 4.74 Å². The first-order valence-electron chi connectivity index (χ1n) is 7.68. The van der Waals surface area contributed by atoms with Gasteiger partial charge in [0.1, 0.15) is 5.75 Å². The van der Waals surface area contributed by atoms with Crippen LogP contribution in [0.25, 0.3) is 0 Å². The van der Waals surface area contributed by atoms with Crippen molar-refractivity contribution in [2.24, 2.45) is 5.92 Å². The van der Waals surface area contributed by atoms with Gasteiger partial charge in [-0.25, -0.2) is 0 Å². The van der Waals surface area contributed by atoms with Crippen LogP contribution in [0.2, 0.25) is 0 Å². The van der Waals surface area contributed by atoms with Crippen LogP contribution in [0.4, 0.5) is 5.69 Å². The largest absolute Gasteiger partial charge is 0.497 e. The first kappa shape index (κ1) is 17.5. The molecule has 1 atom stereocenters. The van der Waals surface area contributed by atoms with E-state index in [1.807, 2.05) is 24.3 Å². The summed E-state index contributed by atoms with van der Waals surface area (Å²) in [5, 5.41) is 6.13. The van der Waals surface area contributed by atoms with Crippen molar-refractivity contribution in [3.8, 4) is 5.75 Å². The van der Waals surface area contributed by atoms with Crippen molar-refractivity contribution in [1.82, 2.24) is 5.32 Å². The van der Waals surface area contributed by atoms with Gasteiger partial charge < -0.3 is 15.4 Å². The minimum Gasteiger partial charge on any atom is -0.497 e. The molecule has 1 aromatic rings. The third-order valence-corrected chi connectivity index (χ3v) is 3.38. The molecule has 1 unspecified atom stereocenters. The van der Waals surface area contributed by atoms with E-state index >= 15 is 0 Å². The van der Waals surface area contributed by atoms with E-state index in [0.29, 0.717) is 12.6 Å². The Morgan fingerprint density at radius 1 is 1.24 bits per heavy atom. The van der Waals surface area contributed by atoms with Crippen molar-refractivity contribution >= 4 is 11.6 Å². The first-order chi connectivity index (χ1) is 10.0. The van der Waals surface area contributed by atoms with Crippen LogP contribution in [0.3, 0.4) is 0 Å². The van der Waals surface area contributed by atoms with Gasteiger partial charge in [-0.1, -0.05) is 32.8 Å². The van der Waals surface area contributed by atoms with Crippen LogP contribution in [0.5, 0.6) is 5.75 Å². The fourth-order valence-electron chi connectivity index (χ4n) is 2.11. The van der Waals surface area contributed by atoms with Gasteiger partial charge in [0.15, 0.2) is 0 Å². The molecule has 4 heteroatoms. The van der Waals surface area contributed by atoms with Crippen LogP contribution in [-0.2, 0) is 4.79 Å². The van der Waals surface area contributed by atoms with Gasteiger partial charge in [0.2, 0.25) is 5.91 Å². The lowest BCUT2D eigenvalue weighted by atomic mass is 10.0. The Bertz CT molecular complexity index is 433. The van der Waals surface area contributed by atoms with E-state index in [1.165, 1.54) is 12.8 Å². The van der Waals surface area contributed by atoms with E-state index in [1.54, 1.807) is 7.11 Å². The Labute approximate surface area is 128 Å². The Morgan fingerprint density at radius 3 is 2.67 bits per heavy atom. The summed E-state index contributed by atoms with van der Waals surface area (Å²) in [6.45, 7) is 6.93. The highest BCUT2D eigenvalue weighted by Crippen LogP contribution is 2.16. The number of methoxy groups -OCH3 is 1.